The maximum Gasteiger partial charge on any atom is 0.237 e. The summed E-state index contributed by atoms with van der Waals surface area (Å²) in [5, 5.41) is 2.48. The molecule has 0 aliphatic rings. The summed E-state index contributed by atoms with van der Waals surface area (Å²) in [6.45, 7) is 3.28. The number of hydrogen-bond donors (Lipinski definition) is 2. The van der Waals surface area contributed by atoms with E-state index in [0.29, 0.717) is 6.42 Å². The Labute approximate surface area is 99.0 Å². The maximum atomic E-state index is 13.4. The van der Waals surface area contributed by atoms with Crippen molar-refractivity contribution in [2.45, 2.75) is 32.4 Å². The van der Waals surface area contributed by atoms with E-state index < -0.39 is 29.6 Å². The number of hydrogen-bond acceptors (Lipinski definition) is 2. The van der Waals surface area contributed by atoms with Gasteiger partial charge in [-0.2, -0.15) is 0 Å². The van der Waals surface area contributed by atoms with Crippen LogP contribution in [0.25, 0.3) is 0 Å². The van der Waals surface area contributed by atoms with Gasteiger partial charge in [-0.25, -0.2) is 8.78 Å². The van der Waals surface area contributed by atoms with Crippen molar-refractivity contribution in [2.75, 3.05) is 0 Å². The van der Waals surface area contributed by atoms with Crippen LogP contribution in [0.3, 0.4) is 0 Å². The lowest BCUT2D eigenvalue weighted by molar-refractivity contribution is -0.123. The monoisotopic (exact) mass is 242 g/mol. The average Bonchev–Trinajstić information content (AvgIpc) is 2.27. The van der Waals surface area contributed by atoms with Gasteiger partial charge in [0.2, 0.25) is 5.91 Å². The lowest BCUT2D eigenvalue weighted by atomic mass is 10.1. The third-order valence-corrected chi connectivity index (χ3v) is 2.57. The van der Waals surface area contributed by atoms with Gasteiger partial charge in [-0.3, -0.25) is 4.79 Å². The summed E-state index contributed by atoms with van der Waals surface area (Å²) < 4.78 is 26.8. The van der Waals surface area contributed by atoms with E-state index >= 15 is 0 Å². The summed E-state index contributed by atoms with van der Waals surface area (Å²) >= 11 is 0. The Morgan fingerprint density at radius 1 is 1.41 bits per heavy atom. The first-order chi connectivity index (χ1) is 7.97. The zero-order chi connectivity index (χ0) is 13.0. The van der Waals surface area contributed by atoms with E-state index in [1.165, 1.54) is 13.0 Å². The van der Waals surface area contributed by atoms with Crippen molar-refractivity contribution >= 4 is 5.91 Å². The van der Waals surface area contributed by atoms with Gasteiger partial charge in [0, 0.05) is 5.56 Å². The quantitative estimate of drug-likeness (QED) is 0.847. The molecule has 0 aliphatic carbocycles. The van der Waals surface area contributed by atoms with E-state index in [2.05, 4.69) is 5.32 Å². The Morgan fingerprint density at radius 3 is 2.41 bits per heavy atom. The molecule has 2 atom stereocenters. The molecule has 0 bridgehead atoms. The normalized spacial score (nSPS) is 14.2. The third kappa shape index (κ3) is 3.23. The Hall–Kier alpha value is -1.49. The van der Waals surface area contributed by atoms with Gasteiger partial charge in [0.1, 0.15) is 11.6 Å². The highest BCUT2D eigenvalue weighted by Crippen LogP contribution is 2.20. The Balaban J connectivity index is 2.83. The fourth-order valence-electron chi connectivity index (χ4n) is 1.50. The predicted molar refractivity (Wildman–Crippen MR) is 61.2 cm³/mol. The first kappa shape index (κ1) is 13.6. The topological polar surface area (TPSA) is 55.1 Å². The number of carbonyl (C=O) groups excluding carboxylic acids is 1. The molecule has 0 spiro atoms. The van der Waals surface area contributed by atoms with Gasteiger partial charge in [0.15, 0.2) is 0 Å². The summed E-state index contributed by atoms with van der Waals surface area (Å²) in [5.41, 5.74) is 5.37. The maximum absolute atomic E-state index is 13.4. The molecule has 1 amide bonds. The minimum absolute atomic E-state index is 0.149. The molecule has 1 unspecified atom stereocenters. The van der Waals surface area contributed by atoms with Gasteiger partial charge in [0.05, 0.1) is 12.1 Å². The van der Waals surface area contributed by atoms with E-state index in [1.807, 2.05) is 0 Å². The molecule has 0 radical (unpaired) electrons. The first-order valence-corrected chi connectivity index (χ1v) is 5.47. The highest BCUT2D eigenvalue weighted by Gasteiger charge is 2.20. The second-order valence-electron chi connectivity index (χ2n) is 3.88. The minimum atomic E-state index is -0.749. The Bertz CT molecular complexity index is 389. The molecule has 1 aromatic carbocycles. The van der Waals surface area contributed by atoms with Crippen molar-refractivity contribution in [1.29, 1.82) is 0 Å². The lowest BCUT2D eigenvalue weighted by Gasteiger charge is -2.18. The minimum Gasteiger partial charge on any atom is -0.348 e. The summed E-state index contributed by atoms with van der Waals surface area (Å²) in [4.78, 5) is 11.5. The summed E-state index contributed by atoms with van der Waals surface area (Å²) in [5.74, 6) is -1.77. The zero-order valence-corrected chi connectivity index (χ0v) is 9.84. The van der Waals surface area contributed by atoms with Gasteiger partial charge in [-0.15, -0.1) is 0 Å². The molecular weight excluding hydrogens is 226 g/mol. The number of benzene rings is 1. The van der Waals surface area contributed by atoms with E-state index in [-0.39, 0.29) is 5.56 Å². The largest absolute Gasteiger partial charge is 0.348 e. The molecule has 0 aliphatic heterocycles. The van der Waals surface area contributed by atoms with E-state index in [4.69, 9.17) is 5.73 Å². The molecule has 3 N–H and O–H groups in total. The van der Waals surface area contributed by atoms with E-state index in [1.54, 1.807) is 6.92 Å². The molecule has 0 saturated heterocycles. The molecule has 17 heavy (non-hydrogen) atoms. The zero-order valence-electron chi connectivity index (χ0n) is 9.84. The SMILES string of the molecule is CC[C@@H](N)C(=O)NC(C)c1c(F)cccc1F. The van der Waals surface area contributed by atoms with Crippen molar-refractivity contribution in [3.8, 4) is 0 Å². The van der Waals surface area contributed by atoms with E-state index in [0.717, 1.165) is 12.1 Å². The average molecular weight is 242 g/mol. The van der Waals surface area contributed by atoms with Crippen LogP contribution in [0.4, 0.5) is 8.78 Å². The number of carbonyl (C=O) groups is 1. The molecule has 5 heteroatoms. The van der Waals surface area contributed by atoms with E-state index in [9.17, 15) is 13.6 Å². The molecule has 1 rings (SSSR count). The number of amides is 1. The van der Waals surface area contributed by atoms with Crippen LogP contribution in [0.5, 0.6) is 0 Å². The molecule has 3 nitrogen and oxygen atoms in total. The number of nitrogens with one attached hydrogen (secondary N) is 1. The van der Waals surface area contributed by atoms with Crippen molar-refractivity contribution in [3.05, 3.63) is 35.4 Å². The van der Waals surface area contributed by atoms with Crippen LogP contribution in [0.2, 0.25) is 0 Å². The number of halogens is 2. The highest BCUT2D eigenvalue weighted by molar-refractivity contribution is 5.81. The van der Waals surface area contributed by atoms with Crippen LogP contribution in [-0.2, 0) is 4.79 Å². The van der Waals surface area contributed by atoms with Crippen LogP contribution in [0.1, 0.15) is 31.9 Å². The molecule has 0 fully saturated rings. The molecular formula is C12H16F2N2O. The summed E-state index contributed by atoms with van der Waals surface area (Å²) in [6, 6.07) is 2.18. The van der Waals surface area contributed by atoms with Crippen LogP contribution >= 0.6 is 0 Å². The van der Waals surface area contributed by atoms with Crippen LogP contribution in [0, 0.1) is 11.6 Å². The van der Waals surface area contributed by atoms with Gasteiger partial charge in [0.25, 0.3) is 0 Å². The first-order valence-electron chi connectivity index (χ1n) is 5.47. The molecule has 0 heterocycles. The second-order valence-corrected chi connectivity index (χ2v) is 3.88. The summed E-state index contributed by atoms with van der Waals surface area (Å²) in [7, 11) is 0. The highest BCUT2D eigenvalue weighted by atomic mass is 19.1. The van der Waals surface area contributed by atoms with Crippen molar-refractivity contribution in [2.24, 2.45) is 5.73 Å². The predicted octanol–water partition coefficient (Wildman–Crippen LogP) is 1.88. The van der Waals surface area contributed by atoms with Gasteiger partial charge in [-0.05, 0) is 25.5 Å². The fraction of sp³-hybridized carbons (Fsp3) is 0.417. The lowest BCUT2D eigenvalue weighted by Crippen LogP contribution is -2.41. The third-order valence-electron chi connectivity index (χ3n) is 2.57. The van der Waals surface area contributed by atoms with Crippen molar-refractivity contribution in [1.82, 2.24) is 5.32 Å². The Kier molecular flexibility index (Phi) is 4.57. The van der Waals surface area contributed by atoms with Crippen LogP contribution in [0.15, 0.2) is 18.2 Å². The molecule has 94 valence electrons. The summed E-state index contributed by atoms with van der Waals surface area (Å²) in [6.07, 6.45) is 0.471. The van der Waals surface area contributed by atoms with Crippen LogP contribution < -0.4 is 11.1 Å². The van der Waals surface area contributed by atoms with Crippen molar-refractivity contribution in [3.63, 3.8) is 0 Å². The van der Waals surface area contributed by atoms with Gasteiger partial charge in [-0.1, -0.05) is 13.0 Å². The molecule has 1 aromatic rings. The Morgan fingerprint density at radius 2 is 1.94 bits per heavy atom. The number of nitrogens with two attached hydrogens (primary N) is 1. The molecule has 0 aromatic heterocycles. The number of rotatable bonds is 4. The van der Waals surface area contributed by atoms with Crippen molar-refractivity contribution < 1.29 is 13.6 Å². The standard InChI is InChI=1S/C12H16F2N2O/c1-3-10(15)12(17)16-7(2)11-8(13)5-4-6-9(11)14/h4-7,10H,3,15H2,1-2H3,(H,16,17)/t7?,10-/m1/s1. The van der Waals surface area contributed by atoms with Gasteiger partial charge >= 0.3 is 0 Å². The molecule has 0 saturated carbocycles. The second kappa shape index (κ2) is 5.72. The van der Waals surface area contributed by atoms with Gasteiger partial charge < -0.3 is 11.1 Å². The smallest absolute Gasteiger partial charge is 0.237 e. The fourth-order valence-corrected chi connectivity index (χ4v) is 1.50. The van der Waals surface area contributed by atoms with Crippen LogP contribution in [-0.4, -0.2) is 11.9 Å².